The van der Waals surface area contributed by atoms with E-state index < -0.39 is 0 Å². The van der Waals surface area contributed by atoms with Gasteiger partial charge >= 0.3 is 31.1 Å². The first-order valence-electron chi connectivity index (χ1n) is 9.05. The molecule has 154 valence electrons. The largest absolute Gasteiger partial charge is 2.00 e. The maximum atomic E-state index is 5.28. The molecule has 0 fully saturated rings. The zero-order valence-electron chi connectivity index (χ0n) is 17.9. The van der Waals surface area contributed by atoms with Crippen molar-refractivity contribution in [3.63, 3.8) is 0 Å². The fourth-order valence-electron chi connectivity index (χ4n) is 3.09. The standard InChI is InChI=1S/C20H19N3S.C2H6N2.CH3.U/c1-20(2,23-12-15-4-5-18(24)10-17(15)13-23)8-7-14-3-6-19-16(9-14)11-21-22-19;1-3-4-2;;/h3-6,9-11,24H,12-13H2,1-2H3,(H,21,22);4H,1H2,2H3;1H3;/q;;-1;+2/p-1. The van der Waals surface area contributed by atoms with Crippen molar-refractivity contribution >= 4 is 30.2 Å². The summed E-state index contributed by atoms with van der Waals surface area (Å²) in [5.74, 6) is 6.77. The molecule has 0 bridgehead atoms. The fourth-order valence-corrected chi connectivity index (χ4v) is 3.30. The predicted molar refractivity (Wildman–Crippen MR) is 123 cm³/mol. The normalized spacial score (nSPS) is 12.2. The van der Waals surface area contributed by atoms with Crippen molar-refractivity contribution in [3.05, 3.63) is 66.7 Å². The summed E-state index contributed by atoms with van der Waals surface area (Å²) >= 11 is 5.28. The van der Waals surface area contributed by atoms with Gasteiger partial charge in [0, 0.05) is 37.8 Å². The number of fused-ring (bicyclic) bond motifs is 2. The molecule has 0 radical (unpaired) electrons. The van der Waals surface area contributed by atoms with Crippen molar-refractivity contribution in [2.75, 3.05) is 7.05 Å². The molecule has 0 saturated carbocycles. The summed E-state index contributed by atoms with van der Waals surface area (Å²) in [5.41, 5.74) is 6.98. The van der Waals surface area contributed by atoms with Crippen molar-refractivity contribution in [2.45, 2.75) is 37.4 Å². The van der Waals surface area contributed by atoms with E-state index in [1.165, 1.54) is 11.1 Å². The van der Waals surface area contributed by atoms with Crippen LogP contribution >= 0.6 is 0 Å². The van der Waals surface area contributed by atoms with E-state index in [9.17, 15) is 0 Å². The Morgan fingerprint density at radius 2 is 1.90 bits per heavy atom. The average Bonchev–Trinajstić information content (AvgIpc) is 3.32. The van der Waals surface area contributed by atoms with Gasteiger partial charge in [0.1, 0.15) is 0 Å². The maximum Gasteiger partial charge on any atom is 2.00 e. The van der Waals surface area contributed by atoms with E-state index in [4.69, 9.17) is 12.6 Å². The number of aromatic amines is 1. The third kappa shape index (κ3) is 6.33. The summed E-state index contributed by atoms with van der Waals surface area (Å²) in [6.07, 6.45) is 1.83. The summed E-state index contributed by atoms with van der Waals surface area (Å²) in [6, 6.07) is 12.4. The summed E-state index contributed by atoms with van der Waals surface area (Å²) in [7, 11) is 1.70. The number of aromatic nitrogens is 2. The number of hydrogen-bond acceptors (Lipinski definition) is 5. The Labute approximate surface area is 208 Å². The maximum absolute atomic E-state index is 5.28. The van der Waals surface area contributed by atoms with Gasteiger partial charge in [-0.05, 0) is 43.2 Å². The summed E-state index contributed by atoms with van der Waals surface area (Å²) < 4.78 is 0. The number of rotatable bonds is 2. The second kappa shape index (κ2) is 11.5. The van der Waals surface area contributed by atoms with Gasteiger partial charge < -0.3 is 25.5 Å². The molecule has 4 rings (SSSR count). The van der Waals surface area contributed by atoms with Crippen molar-refractivity contribution in [2.24, 2.45) is 5.10 Å². The Morgan fingerprint density at radius 3 is 2.60 bits per heavy atom. The van der Waals surface area contributed by atoms with E-state index in [0.717, 1.165) is 34.5 Å². The Morgan fingerprint density at radius 1 is 1.20 bits per heavy atom. The molecule has 0 atom stereocenters. The van der Waals surface area contributed by atoms with Crippen LogP contribution in [0.15, 0.2) is 52.6 Å². The summed E-state index contributed by atoms with van der Waals surface area (Å²) in [6.45, 7) is 9.30. The topological polar surface area (TPSA) is 56.3 Å². The molecule has 3 aromatic rings. The van der Waals surface area contributed by atoms with Crippen LogP contribution in [0.1, 0.15) is 30.5 Å². The average molecular weight is 644 g/mol. The van der Waals surface area contributed by atoms with Crippen LogP contribution in [0.25, 0.3) is 10.9 Å². The van der Waals surface area contributed by atoms with Gasteiger partial charge in [0.15, 0.2) is 0 Å². The quantitative estimate of drug-likeness (QED) is 0.147. The number of hydrogen-bond donors (Lipinski definition) is 2. The van der Waals surface area contributed by atoms with E-state index in [-0.39, 0.29) is 44.1 Å². The number of nitrogens with one attached hydrogen (secondary N) is 2. The van der Waals surface area contributed by atoms with E-state index in [1.807, 2.05) is 24.4 Å². The molecule has 1 aromatic heterocycles. The smallest absolute Gasteiger partial charge is 0.780 e. The van der Waals surface area contributed by atoms with Crippen LogP contribution < -0.4 is 5.43 Å². The molecule has 1 aliphatic heterocycles. The van der Waals surface area contributed by atoms with Crippen LogP contribution in [0.5, 0.6) is 0 Å². The fraction of sp³-hybridized carbons (Fsp3) is 0.261. The molecule has 2 aromatic carbocycles. The number of hydrazone groups is 1. The molecule has 0 saturated heterocycles. The Balaban J connectivity index is 0.000000692. The zero-order chi connectivity index (χ0) is 20.1. The molecule has 7 heteroatoms. The molecule has 0 spiro atoms. The second-order valence-corrected chi connectivity index (χ2v) is 7.62. The van der Waals surface area contributed by atoms with Crippen LogP contribution in [0.4, 0.5) is 0 Å². The van der Waals surface area contributed by atoms with Gasteiger partial charge in [-0.3, -0.25) is 10.00 Å². The van der Waals surface area contributed by atoms with E-state index >= 15 is 0 Å². The monoisotopic (exact) mass is 643 g/mol. The minimum absolute atomic E-state index is 0. The van der Waals surface area contributed by atoms with Gasteiger partial charge in [-0.15, -0.1) is 0 Å². The first-order chi connectivity index (χ1) is 13.4. The number of nitrogens with zero attached hydrogens (tertiary/aromatic N) is 3. The molecule has 30 heavy (non-hydrogen) atoms. The van der Waals surface area contributed by atoms with Gasteiger partial charge in [0.25, 0.3) is 0 Å². The van der Waals surface area contributed by atoms with Crippen LogP contribution in [-0.4, -0.2) is 34.4 Å². The van der Waals surface area contributed by atoms with Gasteiger partial charge in [-0.25, -0.2) is 0 Å². The minimum Gasteiger partial charge on any atom is -0.780 e. The Hall–Kier alpha value is -1.83. The molecule has 0 aliphatic carbocycles. The number of H-pyrrole nitrogens is 1. The first-order valence-corrected chi connectivity index (χ1v) is 9.46. The van der Waals surface area contributed by atoms with Crippen molar-refractivity contribution in [1.29, 1.82) is 0 Å². The van der Waals surface area contributed by atoms with Crippen LogP contribution in [-0.2, 0) is 25.7 Å². The molecule has 2 heterocycles. The van der Waals surface area contributed by atoms with Crippen molar-refractivity contribution < 1.29 is 31.1 Å². The third-order valence-corrected chi connectivity index (χ3v) is 5.06. The van der Waals surface area contributed by atoms with Gasteiger partial charge in [0.2, 0.25) is 0 Å². The van der Waals surface area contributed by atoms with Gasteiger partial charge in [-0.2, -0.15) is 15.1 Å². The summed E-state index contributed by atoms with van der Waals surface area (Å²) in [5, 5.41) is 11.3. The predicted octanol–water partition coefficient (Wildman–Crippen LogP) is 3.89. The Bertz CT molecular complexity index is 1050. The molecule has 5 nitrogen and oxygen atoms in total. The van der Waals surface area contributed by atoms with Crippen molar-refractivity contribution in [1.82, 2.24) is 20.5 Å². The molecule has 2 N–H and O–H groups in total. The van der Waals surface area contributed by atoms with Crippen LogP contribution in [0, 0.1) is 50.4 Å². The molecule has 1 aliphatic rings. The molecule has 0 unspecified atom stereocenters. The molecule has 0 amide bonds. The van der Waals surface area contributed by atoms with E-state index in [0.29, 0.717) is 0 Å². The van der Waals surface area contributed by atoms with Crippen LogP contribution in [0.3, 0.4) is 0 Å². The second-order valence-electron chi connectivity index (χ2n) is 7.15. The SMILES string of the molecule is C=NNC.CC(C)(C#Cc1ccc2[nH]ncc2c1)N1Cc2ccc([S-])cc2C1.[CH3-].[U+2]. The summed E-state index contributed by atoms with van der Waals surface area (Å²) in [4.78, 5) is 3.31. The molecular formula is C23H27N5SU. The van der Waals surface area contributed by atoms with Gasteiger partial charge in [0.05, 0.1) is 17.3 Å². The van der Waals surface area contributed by atoms with E-state index in [1.54, 1.807) is 7.05 Å². The van der Waals surface area contributed by atoms with Gasteiger partial charge in [-0.1, -0.05) is 30.0 Å². The third-order valence-electron chi connectivity index (χ3n) is 4.80. The zero-order valence-corrected chi connectivity index (χ0v) is 22.9. The minimum atomic E-state index is -0.202. The molecular weight excluding hydrogens is 616 g/mol. The van der Waals surface area contributed by atoms with E-state index in [2.05, 4.69) is 76.2 Å². The van der Waals surface area contributed by atoms with Crippen LogP contribution in [0.2, 0.25) is 0 Å². The Kier molecular flexibility index (Phi) is 10.1. The number of benzene rings is 2. The van der Waals surface area contributed by atoms with Crippen molar-refractivity contribution in [3.8, 4) is 11.8 Å². The first kappa shape index (κ1) is 26.2.